The number of Topliss-reactive ketones (excluding diaryl/α,β-unsaturated/α-hetero) is 1. The zero-order chi connectivity index (χ0) is 15.0. The molecule has 0 aliphatic carbocycles. The van der Waals surface area contributed by atoms with Crippen LogP contribution in [0.25, 0.3) is 11.0 Å². The van der Waals surface area contributed by atoms with E-state index in [0.717, 1.165) is 11.0 Å². The molecule has 0 radical (unpaired) electrons. The van der Waals surface area contributed by atoms with Gasteiger partial charge < -0.3 is 8.98 Å². The summed E-state index contributed by atoms with van der Waals surface area (Å²) in [5.74, 6) is -0.863. The number of imidazole rings is 1. The third-order valence-electron chi connectivity index (χ3n) is 3.32. The van der Waals surface area contributed by atoms with Gasteiger partial charge in [0.1, 0.15) is 12.1 Å². The molecule has 3 aromatic rings. The lowest BCUT2D eigenvalue weighted by atomic mass is 10.0. The molecule has 0 saturated heterocycles. The molecule has 0 aliphatic heterocycles. The van der Waals surface area contributed by atoms with Crippen molar-refractivity contribution in [2.75, 3.05) is 0 Å². The van der Waals surface area contributed by atoms with E-state index in [1.807, 2.05) is 30.3 Å². The highest BCUT2D eigenvalue weighted by Gasteiger charge is 2.27. The summed E-state index contributed by atoms with van der Waals surface area (Å²) in [5.41, 5.74) is 1.99. The fraction of sp³-hybridized carbons (Fsp3) is 0.133. The quantitative estimate of drug-likeness (QED) is 0.683. The summed E-state index contributed by atoms with van der Waals surface area (Å²) >= 11 is 3.15. The molecule has 0 bridgehead atoms. The van der Waals surface area contributed by atoms with Crippen LogP contribution in [-0.4, -0.2) is 15.3 Å². The average molecular weight is 344 g/mol. The van der Waals surface area contributed by atoms with E-state index >= 15 is 0 Å². The van der Waals surface area contributed by atoms with Gasteiger partial charge in [-0.05, 0) is 28.1 Å². The Balaban J connectivity index is 2.08. The van der Waals surface area contributed by atoms with Crippen molar-refractivity contribution in [3.05, 3.63) is 52.7 Å². The van der Waals surface area contributed by atoms with Crippen LogP contribution in [0.5, 0.6) is 0 Å². The second kappa shape index (κ2) is 5.19. The number of nitriles is 1. The molecule has 0 amide bonds. The smallest absolute Gasteiger partial charge is 0.190 e. The van der Waals surface area contributed by atoms with Crippen molar-refractivity contribution < 1.29 is 9.21 Å². The topological polar surface area (TPSA) is 71.8 Å². The fourth-order valence-electron chi connectivity index (χ4n) is 2.26. The molecule has 2 heterocycles. The van der Waals surface area contributed by atoms with E-state index in [1.165, 1.54) is 6.26 Å². The van der Waals surface area contributed by atoms with Crippen molar-refractivity contribution in [2.45, 2.75) is 5.92 Å². The van der Waals surface area contributed by atoms with Crippen LogP contribution in [0.15, 0.2) is 45.7 Å². The monoisotopic (exact) mass is 343 g/mol. The third-order valence-corrected chi connectivity index (χ3v) is 3.74. The summed E-state index contributed by atoms with van der Waals surface area (Å²) in [5, 5.41) is 9.40. The van der Waals surface area contributed by atoms with Gasteiger partial charge in [-0.15, -0.1) is 0 Å². The van der Waals surface area contributed by atoms with E-state index in [0.29, 0.717) is 16.1 Å². The zero-order valence-corrected chi connectivity index (χ0v) is 12.7. The van der Waals surface area contributed by atoms with Crippen LogP contribution in [0.3, 0.4) is 0 Å². The predicted octanol–water partition coefficient (Wildman–Crippen LogP) is 3.42. The molecule has 6 heteroatoms. The number of hydrogen-bond acceptors (Lipinski definition) is 4. The number of carbonyl (C=O) groups excluding carboxylic acids is 1. The number of aryl methyl sites for hydroxylation is 1. The standard InChI is InChI=1S/C15H10BrN3O2/c1-19-12-5-3-2-4-11(12)18-15(19)10(7-17)14(20)9-6-13(16)21-8-9/h2-6,8,10H,1H3/t10-/m1/s1. The first-order chi connectivity index (χ1) is 10.1. The van der Waals surface area contributed by atoms with Crippen molar-refractivity contribution in [1.82, 2.24) is 9.55 Å². The number of benzene rings is 1. The third kappa shape index (κ3) is 2.26. The molecule has 0 aliphatic rings. The minimum absolute atomic E-state index is 0.328. The van der Waals surface area contributed by atoms with Crippen LogP contribution in [0.2, 0.25) is 0 Å². The van der Waals surface area contributed by atoms with Gasteiger partial charge in [-0.25, -0.2) is 4.98 Å². The van der Waals surface area contributed by atoms with Crippen LogP contribution in [0.1, 0.15) is 22.1 Å². The van der Waals surface area contributed by atoms with E-state index in [1.54, 1.807) is 17.7 Å². The molecular weight excluding hydrogens is 334 g/mol. The molecule has 5 nitrogen and oxygen atoms in total. The van der Waals surface area contributed by atoms with Crippen molar-refractivity contribution in [1.29, 1.82) is 5.26 Å². The van der Waals surface area contributed by atoms with Gasteiger partial charge in [0.05, 0.1) is 22.7 Å². The first kappa shape index (κ1) is 13.6. The van der Waals surface area contributed by atoms with Gasteiger partial charge in [0.2, 0.25) is 0 Å². The van der Waals surface area contributed by atoms with Crippen molar-refractivity contribution in [2.24, 2.45) is 7.05 Å². The Morgan fingerprint density at radius 3 is 2.86 bits per heavy atom. The largest absolute Gasteiger partial charge is 0.457 e. The van der Waals surface area contributed by atoms with Crippen LogP contribution in [0, 0.1) is 11.3 Å². The fourth-order valence-corrected chi connectivity index (χ4v) is 2.60. The lowest BCUT2D eigenvalue weighted by molar-refractivity contribution is 0.0974. The Morgan fingerprint density at radius 1 is 1.48 bits per heavy atom. The molecule has 1 aromatic carbocycles. The highest BCUT2D eigenvalue weighted by atomic mass is 79.9. The van der Waals surface area contributed by atoms with Gasteiger partial charge in [0.15, 0.2) is 16.4 Å². The molecule has 0 spiro atoms. The van der Waals surface area contributed by atoms with Crippen molar-refractivity contribution in [3.8, 4) is 6.07 Å². The average Bonchev–Trinajstić information content (AvgIpc) is 3.05. The normalized spacial score (nSPS) is 12.2. The molecule has 0 N–H and O–H groups in total. The zero-order valence-electron chi connectivity index (χ0n) is 11.1. The van der Waals surface area contributed by atoms with Crippen LogP contribution in [0.4, 0.5) is 0 Å². The van der Waals surface area contributed by atoms with Gasteiger partial charge in [-0.2, -0.15) is 5.26 Å². The number of para-hydroxylation sites is 2. The number of carbonyl (C=O) groups is 1. The number of halogens is 1. The van der Waals surface area contributed by atoms with Gasteiger partial charge in [-0.3, -0.25) is 4.79 Å². The number of nitrogens with zero attached hydrogens (tertiary/aromatic N) is 3. The number of ketones is 1. The first-order valence-corrected chi connectivity index (χ1v) is 7.00. The highest BCUT2D eigenvalue weighted by Crippen LogP contribution is 2.25. The van der Waals surface area contributed by atoms with E-state index in [-0.39, 0.29) is 5.78 Å². The molecule has 2 aromatic heterocycles. The van der Waals surface area contributed by atoms with Crippen molar-refractivity contribution in [3.63, 3.8) is 0 Å². The summed E-state index contributed by atoms with van der Waals surface area (Å²) < 4.78 is 7.29. The molecule has 1 atom stereocenters. The maximum atomic E-state index is 12.5. The Labute approximate surface area is 128 Å². The van der Waals surface area contributed by atoms with Gasteiger partial charge in [0, 0.05) is 13.1 Å². The minimum atomic E-state index is -0.966. The number of rotatable bonds is 3. The van der Waals surface area contributed by atoms with E-state index < -0.39 is 5.92 Å². The van der Waals surface area contributed by atoms with E-state index in [9.17, 15) is 10.1 Å². The Hall–Kier alpha value is -2.39. The first-order valence-electron chi connectivity index (χ1n) is 6.21. The maximum absolute atomic E-state index is 12.5. The molecule has 21 heavy (non-hydrogen) atoms. The number of furan rings is 1. The second-order valence-corrected chi connectivity index (χ2v) is 5.37. The number of fused-ring (bicyclic) bond motifs is 1. The summed E-state index contributed by atoms with van der Waals surface area (Å²) in [6.07, 6.45) is 1.33. The minimum Gasteiger partial charge on any atom is -0.457 e. The molecule has 0 unspecified atom stereocenters. The lowest BCUT2D eigenvalue weighted by Gasteiger charge is -2.07. The molecule has 0 fully saturated rings. The van der Waals surface area contributed by atoms with E-state index in [4.69, 9.17) is 4.42 Å². The summed E-state index contributed by atoms with van der Waals surface area (Å²) in [6, 6.07) is 11.1. The van der Waals surface area contributed by atoms with Crippen LogP contribution >= 0.6 is 15.9 Å². The molecule has 0 saturated carbocycles. The second-order valence-electron chi connectivity index (χ2n) is 4.58. The Morgan fingerprint density at radius 2 is 2.24 bits per heavy atom. The van der Waals surface area contributed by atoms with Gasteiger partial charge in [0.25, 0.3) is 0 Å². The predicted molar refractivity (Wildman–Crippen MR) is 79.8 cm³/mol. The summed E-state index contributed by atoms with van der Waals surface area (Å²) in [7, 11) is 1.80. The van der Waals surface area contributed by atoms with Crippen molar-refractivity contribution >= 4 is 32.7 Å². The van der Waals surface area contributed by atoms with Gasteiger partial charge >= 0.3 is 0 Å². The summed E-state index contributed by atoms with van der Waals surface area (Å²) in [4.78, 5) is 16.9. The Bertz CT molecular complexity index is 873. The lowest BCUT2D eigenvalue weighted by Crippen LogP contribution is -2.15. The van der Waals surface area contributed by atoms with Crippen LogP contribution < -0.4 is 0 Å². The number of aromatic nitrogens is 2. The van der Waals surface area contributed by atoms with Gasteiger partial charge in [-0.1, -0.05) is 12.1 Å². The van der Waals surface area contributed by atoms with Crippen LogP contribution in [-0.2, 0) is 7.05 Å². The molecule has 104 valence electrons. The Kier molecular flexibility index (Phi) is 3.35. The maximum Gasteiger partial charge on any atom is 0.190 e. The summed E-state index contributed by atoms with van der Waals surface area (Å²) in [6.45, 7) is 0. The SMILES string of the molecule is Cn1c([C@H](C#N)C(=O)c2coc(Br)c2)nc2ccccc21. The molecule has 3 rings (SSSR count). The number of hydrogen-bond donors (Lipinski definition) is 0. The van der Waals surface area contributed by atoms with E-state index in [2.05, 4.69) is 20.9 Å². The molecular formula is C15H10BrN3O2. The highest BCUT2D eigenvalue weighted by molar-refractivity contribution is 9.10.